The standard InChI is InChI=1S/C41H25N3S/c1-3-11-26(12-4-1)27-19-21-29(22-20-27)40-42-39(28-13-5-2-6-14-28)43-41(44-40)34-25-30-15-7-8-16-31(30)37-32(34)23-24-36-38(37)33-17-9-10-18-35(33)45-36/h1-25H. The van der Waals surface area contributed by atoms with Gasteiger partial charge in [0.25, 0.3) is 0 Å². The summed E-state index contributed by atoms with van der Waals surface area (Å²) in [7, 11) is 0. The lowest BCUT2D eigenvalue weighted by atomic mass is 9.93. The van der Waals surface area contributed by atoms with E-state index in [-0.39, 0.29) is 0 Å². The Balaban J connectivity index is 1.32. The number of rotatable bonds is 4. The van der Waals surface area contributed by atoms with E-state index in [4.69, 9.17) is 15.0 Å². The van der Waals surface area contributed by atoms with Crippen molar-refractivity contribution in [2.45, 2.75) is 0 Å². The summed E-state index contributed by atoms with van der Waals surface area (Å²) in [5.41, 5.74) is 5.25. The van der Waals surface area contributed by atoms with E-state index < -0.39 is 0 Å². The van der Waals surface area contributed by atoms with Crippen LogP contribution in [-0.4, -0.2) is 15.0 Å². The lowest BCUT2D eigenvalue weighted by molar-refractivity contribution is 1.08. The van der Waals surface area contributed by atoms with Gasteiger partial charge in [0.2, 0.25) is 0 Å². The average molecular weight is 592 g/mol. The minimum atomic E-state index is 0.654. The molecular formula is C41H25N3S. The first-order chi connectivity index (χ1) is 22.3. The van der Waals surface area contributed by atoms with Gasteiger partial charge in [-0.1, -0.05) is 133 Å². The van der Waals surface area contributed by atoms with Gasteiger partial charge in [0.1, 0.15) is 0 Å². The zero-order valence-electron chi connectivity index (χ0n) is 24.2. The van der Waals surface area contributed by atoms with E-state index >= 15 is 0 Å². The zero-order valence-corrected chi connectivity index (χ0v) is 25.0. The fraction of sp³-hybridized carbons (Fsp3) is 0. The van der Waals surface area contributed by atoms with Crippen LogP contribution < -0.4 is 0 Å². The van der Waals surface area contributed by atoms with Gasteiger partial charge in [0.05, 0.1) is 0 Å². The minimum Gasteiger partial charge on any atom is -0.208 e. The second-order valence-corrected chi connectivity index (χ2v) is 12.3. The summed E-state index contributed by atoms with van der Waals surface area (Å²) in [6, 6.07) is 53.2. The van der Waals surface area contributed by atoms with Crippen molar-refractivity contribution >= 4 is 53.1 Å². The van der Waals surface area contributed by atoms with Gasteiger partial charge in [0, 0.05) is 36.9 Å². The van der Waals surface area contributed by atoms with Crippen LogP contribution in [0, 0.1) is 0 Å². The summed E-state index contributed by atoms with van der Waals surface area (Å²) in [5, 5.41) is 7.36. The van der Waals surface area contributed by atoms with Crippen LogP contribution in [0.15, 0.2) is 152 Å². The molecule has 0 bridgehead atoms. The fourth-order valence-corrected chi connectivity index (χ4v) is 7.49. The highest BCUT2D eigenvalue weighted by Gasteiger charge is 2.19. The SMILES string of the molecule is c1ccc(-c2ccc(-c3nc(-c4ccccc4)nc(-c4cc5ccccc5c5c4ccc4sc6ccccc6c45)n3)cc2)cc1. The molecule has 0 aliphatic carbocycles. The van der Waals surface area contributed by atoms with Crippen LogP contribution in [0.2, 0.25) is 0 Å². The van der Waals surface area contributed by atoms with Crippen molar-refractivity contribution in [3.8, 4) is 45.3 Å². The first-order valence-electron chi connectivity index (χ1n) is 15.0. The number of benzene rings is 7. The van der Waals surface area contributed by atoms with Gasteiger partial charge in [-0.25, -0.2) is 15.0 Å². The number of fused-ring (bicyclic) bond motifs is 7. The molecule has 210 valence electrons. The van der Waals surface area contributed by atoms with Gasteiger partial charge in [-0.15, -0.1) is 11.3 Å². The molecule has 9 rings (SSSR count). The van der Waals surface area contributed by atoms with Crippen molar-refractivity contribution < 1.29 is 0 Å². The largest absolute Gasteiger partial charge is 0.208 e. The predicted octanol–water partition coefficient (Wildman–Crippen LogP) is 11.2. The molecule has 3 nitrogen and oxygen atoms in total. The van der Waals surface area contributed by atoms with Crippen LogP contribution in [-0.2, 0) is 0 Å². The lowest BCUT2D eigenvalue weighted by Gasteiger charge is -2.13. The maximum atomic E-state index is 5.17. The molecular weight excluding hydrogens is 567 g/mol. The third-order valence-electron chi connectivity index (χ3n) is 8.52. The zero-order chi connectivity index (χ0) is 29.7. The summed E-state index contributed by atoms with van der Waals surface area (Å²) < 4.78 is 2.58. The Labute approximate surface area is 264 Å². The Morgan fingerprint density at radius 1 is 0.356 bits per heavy atom. The Hall–Kier alpha value is -5.71. The van der Waals surface area contributed by atoms with Gasteiger partial charge >= 0.3 is 0 Å². The van der Waals surface area contributed by atoms with Crippen molar-refractivity contribution in [2.24, 2.45) is 0 Å². The normalized spacial score (nSPS) is 11.6. The number of aromatic nitrogens is 3. The highest BCUT2D eigenvalue weighted by molar-refractivity contribution is 7.26. The molecule has 0 aliphatic heterocycles. The molecule has 2 aromatic heterocycles. The van der Waals surface area contributed by atoms with Gasteiger partial charge < -0.3 is 0 Å². The molecule has 0 saturated carbocycles. The molecule has 7 aromatic carbocycles. The molecule has 0 spiro atoms. The quantitative estimate of drug-likeness (QED) is 0.191. The molecule has 0 unspecified atom stereocenters. The lowest BCUT2D eigenvalue weighted by Crippen LogP contribution is -2.01. The molecule has 4 heteroatoms. The molecule has 0 amide bonds. The van der Waals surface area contributed by atoms with Crippen molar-refractivity contribution in [2.75, 3.05) is 0 Å². The van der Waals surface area contributed by atoms with E-state index in [1.165, 1.54) is 41.9 Å². The van der Waals surface area contributed by atoms with E-state index in [0.29, 0.717) is 17.5 Å². The highest BCUT2D eigenvalue weighted by Crippen LogP contribution is 2.44. The van der Waals surface area contributed by atoms with Crippen LogP contribution in [0.5, 0.6) is 0 Å². The molecule has 0 saturated heterocycles. The molecule has 0 atom stereocenters. The summed E-state index contributed by atoms with van der Waals surface area (Å²) >= 11 is 1.84. The Morgan fingerprint density at radius 2 is 0.911 bits per heavy atom. The van der Waals surface area contributed by atoms with E-state index in [2.05, 4.69) is 127 Å². The molecule has 9 aromatic rings. The van der Waals surface area contributed by atoms with Gasteiger partial charge in [0.15, 0.2) is 17.5 Å². The molecule has 0 aliphatic rings. The predicted molar refractivity (Wildman–Crippen MR) is 189 cm³/mol. The molecule has 0 N–H and O–H groups in total. The molecule has 0 radical (unpaired) electrons. The summed E-state index contributed by atoms with van der Waals surface area (Å²) in [4.78, 5) is 15.3. The van der Waals surface area contributed by atoms with Gasteiger partial charge in [-0.3, -0.25) is 0 Å². The van der Waals surface area contributed by atoms with Crippen LogP contribution >= 0.6 is 11.3 Å². The van der Waals surface area contributed by atoms with Gasteiger partial charge in [-0.2, -0.15) is 0 Å². The number of hydrogen-bond acceptors (Lipinski definition) is 4. The number of hydrogen-bond donors (Lipinski definition) is 0. The molecule has 2 heterocycles. The Morgan fingerprint density at radius 3 is 1.67 bits per heavy atom. The van der Waals surface area contributed by atoms with Crippen LogP contribution in [0.25, 0.3) is 87.0 Å². The average Bonchev–Trinajstić information content (AvgIpc) is 3.51. The van der Waals surface area contributed by atoms with Gasteiger partial charge in [-0.05, 0) is 50.9 Å². The van der Waals surface area contributed by atoms with E-state index in [9.17, 15) is 0 Å². The van der Waals surface area contributed by atoms with Crippen LogP contribution in [0.1, 0.15) is 0 Å². The topological polar surface area (TPSA) is 38.7 Å². The summed E-state index contributed by atoms with van der Waals surface area (Å²) in [6.07, 6.45) is 0. The minimum absolute atomic E-state index is 0.654. The van der Waals surface area contributed by atoms with E-state index in [1.54, 1.807) is 0 Å². The smallest absolute Gasteiger partial charge is 0.164 e. The fourth-order valence-electron chi connectivity index (χ4n) is 6.37. The van der Waals surface area contributed by atoms with Crippen LogP contribution in [0.4, 0.5) is 0 Å². The van der Waals surface area contributed by atoms with Crippen molar-refractivity contribution in [3.05, 3.63) is 152 Å². The van der Waals surface area contributed by atoms with E-state index in [1.807, 2.05) is 35.6 Å². The van der Waals surface area contributed by atoms with Crippen LogP contribution in [0.3, 0.4) is 0 Å². The van der Waals surface area contributed by atoms with E-state index in [0.717, 1.165) is 27.6 Å². The van der Waals surface area contributed by atoms with Crippen molar-refractivity contribution in [3.63, 3.8) is 0 Å². The first kappa shape index (κ1) is 25.8. The number of thiophene rings is 1. The summed E-state index contributed by atoms with van der Waals surface area (Å²) in [5.74, 6) is 1.98. The molecule has 45 heavy (non-hydrogen) atoms. The Bertz CT molecular complexity index is 2520. The third kappa shape index (κ3) is 4.38. The maximum absolute atomic E-state index is 5.17. The van der Waals surface area contributed by atoms with Crippen molar-refractivity contribution in [1.29, 1.82) is 0 Å². The third-order valence-corrected chi connectivity index (χ3v) is 9.66. The highest BCUT2D eigenvalue weighted by atomic mass is 32.1. The number of nitrogens with zero attached hydrogens (tertiary/aromatic N) is 3. The second-order valence-electron chi connectivity index (χ2n) is 11.2. The monoisotopic (exact) mass is 591 g/mol. The maximum Gasteiger partial charge on any atom is 0.164 e. The summed E-state index contributed by atoms with van der Waals surface area (Å²) in [6.45, 7) is 0. The van der Waals surface area contributed by atoms with Crippen molar-refractivity contribution in [1.82, 2.24) is 15.0 Å². The second kappa shape index (κ2) is 10.5. The molecule has 0 fully saturated rings. The Kier molecular flexibility index (Phi) is 6.00. The first-order valence-corrected chi connectivity index (χ1v) is 15.9.